The highest BCUT2D eigenvalue weighted by atomic mass is 32.1. The smallest absolute Gasteiger partial charge is 0.0444 e. The van der Waals surface area contributed by atoms with E-state index in [-0.39, 0.29) is 11.4 Å². The molecule has 1 nitrogen and oxygen atoms in total. The highest BCUT2D eigenvalue weighted by Gasteiger charge is 2.15. The SMILES string of the molecule is CCCC(C)(S)CCO. The van der Waals surface area contributed by atoms with Gasteiger partial charge in [-0.2, -0.15) is 12.6 Å². The van der Waals surface area contributed by atoms with E-state index in [4.69, 9.17) is 5.11 Å². The molecule has 1 unspecified atom stereocenters. The van der Waals surface area contributed by atoms with Crippen LogP contribution in [0.2, 0.25) is 0 Å². The number of hydrogen-bond acceptors (Lipinski definition) is 2. The minimum absolute atomic E-state index is 0.0451. The standard InChI is InChI=1S/C7H16OS/c1-3-4-7(2,9)5-6-8/h8-9H,3-6H2,1-2H3. The number of hydrogen-bond donors (Lipinski definition) is 2. The quantitative estimate of drug-likeness (QED) is 0.583. The lowest BCUT2D eigenvalue weighted by Gasteiger charge is -2.20. The van der Waals surface area contributed by atoms with Gasteiger partial charge in [0.1, 0.15) is 0 Å². The number of thiol groups is 1. The fourth-order valence-electron chi connectivity index (χ4n) is 0.904. The van der Waals surface area contributed by atoms with Crippen molar-refractivity contribution in [3.05, 3.63) is 0 Å². The largest absolute Gasteiger partial charge is 0.396 e. The summed E-state index contributed by atoms with van der Waals surface area (Å²) in [5.74, 6) is 0. The highest BCUT2D eigenvalue weighted by Crippen LogP contribution is 2.23. The summed E-state index contributed by atoms with van der Waals surface area (Å²) in [6.45, 7) is 4.45. The van der Waals surface area contributed by atoms with Crippen molar-refractivity contribution in [3.8, 4) is 0 Å². The monoisotopic (exact) mass is 148 g/mol. The van der Waals surface area contributed by atoms with Gasteiger partial charge >= 0.3 is 0 Å². The Morgan fingerprint density at radius 2 is 2.00 bits per heavy atom. The number of aliphatic hydroxyl groups excluding tert-OH is 1. The molecule has 0 aromatic heterocycles. The summed E-state index contributed by atoms with van der Waals surface area (Å²) in [6, 6.07) is 0. The van der Waals surface area contributed by atoms with Crippen LogP contribution in [0.15, 0.2) is 0 Å². The van der Waals surface area contributed by atoms with Gasteiger partial charge in [0.15, 0.2) is 0 Å². The second-order valence-electron chi connectivity index (χ2n) is 2.72. The zero-order valence-electron chi connectivity index (χ0n) is 6.22. The molecule has 0 aromatic carbocycles. The summed E-state index contributed by atoms with van der Waals surface area (Å²) in [7, 11) is 0. The summed E-state index contributed by atoms with van der Waals surface area (Å²) in [4.78, 5) is 0. The Balaban J connectivity index is 3.43. The summed E-state index contributed by atoms with van der Waals surface area (Å²) < 4.78 is 0.0451. The molecule has 0 aliphatic carbocycles. The van der Waals surface area contributed by atoms with Crippen LogP contribution in [0.4, 0.5) is 0 Å². The molecule has 56 valence electrons. The van der Waals surface area contributed by atoms with E-state index >= 15 is 0 Å². The molecule has 0 spiro atoms. The van der Waals surface area contributed by atoms with E-state index in [1.165, 1.54) is 0 Å². The molecule has 0 rings (SSSR count). The molecule has 0 aliphatic heterocycles. The lowest BCUT2D eigenvalue weighted by Crippen LogP contribution is -2.17. The van der Waals surface area contributed by atoms with Gasteiger partial charge in [-0.15, -0.1) is 0 Å². The van der Waals surface area contributed by atoms with Crippen LogP contribution >= 0.6 is 12.6 Å². The molecule has 0 aromatic rings. The molecular formula is C7H16OS. The Bertz CT molecular complexity index is 63.3. The molecular weight excluding hydrogens is 132 g/mol. The molecule has 0 fully saturated rings. The van der Waals surface area contributed by atoms with Crippen molar-refractivity contribution in [2.75, 3.05) is 6.61 Å². The predicted molar refractivity (Wildman–Crippen MR) is 44.0 cm³/mol. The van der Waals surface area contributed by atoms with Crippen LogP contribution in [-0.2, 0) is 0 Å². The zero-order chi connectivity index (χ0) is 7.33. The van der Waals surface area contributed by atoms with E-state index in [1.807, 2.05) is 0 Å². The van der Waals surface area contributed by atoms with E-state index in [1.54, 1.807) is 0 Å². The second kappa shape index (κ2) is 4.18. The minimum atomic E-state index is 0.0451. The molecule has 0 aliphatic rings. The van der Waals surface area contributed by atoms with Crippen LogP contribution in [0.3, 0.4) is 0 Å². The molecule has 0 amide bonds. The lowest BCUT2D eigenvalue weighted by molar-refractivity contribution is 0.268. The first kappa shape index (κ1) is 9.31. The van der Waals surface area contributed by atoms with Crippen molar-refractivity contribution in [1.29, 1.82) is 0 Å². The van der Waals surface area contributed by atoms with E-state index in [2.05, 4.69) is 26.5 Å². The van der Waals surface area contributed by atoms with Gasteiger partial charge in [0.2, 0.25) is 0 Å². The first-order valence-electron chi connectivity index (χ1n) is 3.45. The average Bonchev–Trinajstić information content (AvgIpc) is 1.64. The van der Waals surface area contributed by atoms with Crippen molar-refractivity contribution in [2.24, 2.45) is 0 Å². The van der Waals surface area contributed by atoms with Gasteiger partial charge in [-0.05, 0) is 12.8 Å². The number of aliphatic hydroxyl groups is 1. The Morgan fingerprint density at radius 3 is 2.33 bits per heavy atom. The normalized spacial score (nSPS) is 17.3. The van der Waals surface area contributed by atoms with Crippen LogP contribution in [0.1, 0.15) is 33.1 Å². The lowest BCUT2D eigenvalue weighted by atomic mass is 10.0. The van der Waals surface area contributed by atoms with Crippen molar-refractivity contribution in [3.63, 3.8) is 0 Å². The third-order valence-electron chi connectivity index (χ3n) is 1.44. The van der Waals surface area contributed by atoms with E-state index < -0.39 is 0 Å². The molecule has 0 saturated heterocycles. The summed E-state index contributed by atoms with van der Waals surface area (Å²) in [5, 5.41) is 8.58. The Morgan fingerprint density at radius 1 is 1.44 bits per heavy atom. The van der Waals surface area contributed by atoms with E-state index in [0.29, 0.717) is 0 Å². The van der Waals surface area contributed by atoms with Gasteiger partial charge in [-0.1, -0.05) is 20.3 Å². The fourth-order valence-corrected chi connectivity index (χ4v) is 1.23. The molecule has 0 heterocycles. The first-order valence-corrected chi connectivity index (χ1v) is 3.90. The topological polar surface area (TPSA) is 20.2 Å². The third kappa shape index (κ3) is 4.79. The van der Waals surface area contributed by atoms with E-state index in [9.17, 15) is 0 Å². The van der Waals surface area contributed by atoms with Crippen LogP contribution in [0, 0.1) is 0 Å². The summed E-state index contributed by atoms with van der Waals surface area (Å²) >= 11 is 4.39. The van der Waals surface area contributed by atoms with Gasteiger partial charge < -0.3 is 5.11 Å². The average molecular weight is 148 g/mol. The van der Waals surface area contributed by atoms with Crippen LogP contribution in [0.5, 0.6) is 0 Å². The van der Waals surface area contributed by atoms with Crippen molar-refractivity contribution < 1.29 is 5.11 Å². The molecule has 1 N–H and O–H groups in total. The maximum absolute atomic E-state index is 8.58. The van der Waals surface area contributed by atoms with Gasteiger partial charge in [-0.25, -0.2) is 0 Å². The second-order valence-corrected chi connectivity index (χ2v) is 3.80. The van der Waals surface area contributed by atoms with Gasteiger partial charge in [0.05, 0.1) is 0 Å². The van der Waals surface area contributed by atoms with Crippen molar-refractivity contribution >= 4 is 12.6 Å². The van der Waals surface area contributed by atoms with Crippen LogP contribution in [-0.4, -0.2) is 16.5 Å². The molecule has 1 atom stereocenters. The van der Waals surface area contributed by atoms with Crippen molar-refractivity contribution in [1.82, 2.24) is 0 Å². The highest BCUT2D eigenvalue weighted by molar-refractivity contribution is 7.81. The maximum Gasteiger partial charge on any atom is 0.0444 e. The summed E-state index contributed by atoms with van der Waals surface area (Å²) in [5.41, 5.74) is 0. The molecule has 0 bridgehead atoms. The molecule has 0 saturated carbocycles. The van der Waals surface area contributed by atoms with Gasteiger partial charge in [0, 0.05) is 11.4 Å². The Hall–Kier alpha value is 0.310. The van der Waals surface area contributed by atoms with Crippen LogP contribution in [0.25, 0.3) is 0 Å². The zero-order valence-corrected chi connectivity index (χ0v) is 7.12. The van der Waals surface area contributed by atoms with Crippen molar-refractivity contribution in [2.45, 2.75) is 37.9 Å². The number of rotatable bonds is 4. The molecule has 2 heteroatoms. The van der Waals surface area contributed by atoms with Gasteiger partial charge in [-0.3, -0.25) is 0 Å². The van der Waals surface area contributed by atoms with Crippen LogP contribution < -0.4 is 0 Å². The fraction of sp³-hybridized carbons (Fsp3) is 1.00. The predicted octanol–water partition coefficient (Wildman–Crippen LogP) is 1.86. The minimum Gasteiger partial charge on any atom is -0.396 e. The Kier molecular flexibility index (Phi) is 4.32. The maximum atomic E-state index is 8.58. The summed E-state index contributed by atoms with van der Waals surface area (Å²) in [6.07, 6.45) is 3.01. The molecule has 0 radical (unpaired) electrons. The molecule has 9 heavy (non-hydrogen) atoms. The Labute approximate surface area is 62.9 Å². The van der Waals surface area contributed by atoms with E-state index in [0.717, 1.165) is 19.3 Å². The third-order valence-corrected chi connectivity index (χ3v) is 1.89. The first-order chi connectivity index (χ1) is 4.12. The van der Waals surface area contributed by atoms with Gasteiger partial charge in [0.25, 0.3) is 0 Å².